The molecule has 3 rings (SSSR count). The van der Waals surface area contributed by atoms with E-state index in [2.05, 4.69) is 11.9 Å². The summed E-state index contributed by atoms with van der Waals surface area (Å²) in [5, 5.41) is 0. The summed E-state index contributed by atoms with van der Waals surface area (Å²) in [6.45, 7) is 3.04. The minimum atomic E-state index is -2.48. The van der Waals surface area contributed by atoms with Crippen LogP contribution in [0.3, 0.4) is 0 Å². The van der Waals surface area contributed by atoms with Gasteiger partial charge >= 0.3 is 0 Å². The van der Waals surface area contributed by atoms with Gasteiger partial charge in [-0.1, -0.05) is 25.1 Å². The SMILES string of the molecule is CC1CCn2c(nc(-c3cccc(C(F)F)c3)c2N)C1. The normalized spacial score (nSPS) is 18.3. The van der Waals surface area contributed by atoms with Gasteiger partial charge in [-0.2, -0.15) is 0 Å². The Morgan fingerprint density at radius 2 is 2.20 bits per heavy atom. The molecular formula is C15H17F2N3. The summed E-state index contributed by atoms with van der Waals surface area (Å²) in [5.41, 5.74) is 7.43. The molecule has 1 atom stereocenters. The highest BCUT2D eigenvalue weighted by atomic mass is 19.3. The van der Waals surface area contributed by atoms with Crippen LogP contribution in [-0.2, 0) is 13.0 Å². The van der Waals surface area contributed by atoms with E-state index in [1.807, 2.05) is 4.57 Å². The monoisotopic (exact) mass is 277 g/mol. The zero-order chi connectivity index (χ0) is 14.3. The molecule has 2 heterocycles. The number of hydrogen-bond donors (Lipinski definition) is 1. The molecule has 1 aromatic carbocycles. The third kappa shape index (κ3) is 2.17. The predicted molar refractivity (Wildman–Crippen MR) is 74.5 cm³/mol. The van der Waals surface area contributed by atoms with Crippen LogP contribution in [-0.4, -0.2) is 9.55 Å². The minimum absolute atomic E-state index is 0.00115. The number of fused-ring (bicyclic) bond motifs is 1. The van der Waals surface area contributed by atoms with E-state index in [1.54, 1.807) is 12.1 Å². The summed E-state index contributed by atoms with van der Waals surface area (Å²) >= 11 is 0. The second-order valence-corrected chi connectivity index (χ2v) is 5.44. The van der Waals surface area contributed by atoms with E-state index in [9.17, 15) is 8.78 Å². The van der Waals surface area contributed by atoms with E-state index in [-0.39, 0.29) is 5.56 Å². The van der Waals surface area contributed by atoms with E-state index >= 15 is 0 Å². The van der Waals surface area contributed by atoms with Crippen molar-refractivity contribution in [3.63, 3.8) is 0 Å². The molecule has 0 radical (unpaired) electrons. The molecule has 0 saturated heterocycles. The molecule has 0 spiro atoms. The number of halogens is 2. The van der Waals surface area contributed by atoms with E-state index < -0.39 is 6.43 Å². The van der Waals surface area contributed by atoms with Crippen molar-refractivity contribution < 1.29 is 8.78 Å². The van der Waals surface area contributed by atoms with Crippen molar-refractivity contribution >= 4 is 5.82 Å². The number of alkyl halides is 2. The summed E-state index contributed by atoms with van der Waals surface area (Å²) in [6, 6.07) is 6.29. The summed E-state index contributed by atoms with van der Waals surface area (Å²) < 4.78 is 27.6. The Bertz CT molecular complexity index is 634. The van der Waals surface area contributed by atoms with Crippen LogP contribution in [0, 0.1) is 5.92 Å². The Morgan fingerprint density at radius 1 is 1.40 bits per heavy atom. The topological polar surface area (TPSA) is 43.8 Å². The van der Waals surface area contributed by atoms with Gasteiger partial charge in [0.05, 0.1) is 0 Å². The average Bonchev–Trinajstić information content (AvgIpc) is 2.75. The molecule has 5 heteroatoms. The third-order valence-corrected chi connectivity index (χ3v) is 3.87. The maximum Gasteiger partial charge on any atom is 0.263 e. The molecule has 0 bridgehead atoms. The van der Waals surface area contributed by atoms with Crippen molar-refractivity contribution in [1.29, 1.82) is 0 Å². The van der Waals surface area contributed by atoms with Crippen LogP contribution in [0.2, 0.25) is 0 Å². The number of imidazole rings is 1. The van der Waals surface area contributed by atoms with Crippen LogP contribution in [0.4, 0.5) is 14.6 Å². The maximum atomic E-state index is 12.8. The van der Waals surface area contributed by atoms with E-state index in [0.717, 1.165) is 25.2 Å². The molecule has 1 aliphatic rings. The highest BCUT2D eigenvalue weighted by Gasteiger charge is 2.22. The first-order chi connectivity index (χ1) is 9.56. The van der Waals surface area contributed by atoms with Gasteiger partial charge in [0.2, 0.25) is 0 Å². The molecule has 0 aliphatic carbocycles. The highest BCUT2D eigenvalue weighted by molar-refractivity contribution is 5.71. The third-order valence-electron chi connectivity index (χ3n) is 3.87. The molecule has 20 heavy (non-hydrogen) atoms. The van der Waals surface area contributed by atoms with Gasteiger partial charge in [0, 0.05) is 24.1 Å². The fourth-order valence-corrected chi connectivity index (χ4v) is 2.72. The standard InChI is InChI=1S/C15H17F2N3/c1-9-5-6-20-12(7-9)19-13(15(20)18)10-3-2-4-11(8-10)14(16)17/h2-4,8-9,14H,5-7,18H2,1H3. The number of benzene rings is 1. The van der Waals surface area contributed by atoms with E-state index in [4.69, 9.17) is 5.73 Å². The maximum absolute atomic E-state index is 12.8. The summed E-state index contributed by atoms with van der Waals surface area (Å²) in [7, 11) is 0. The van der Waals surface area contributed by atoms with Crippen LogP contribution in [0.5, 0.6) is 0 Å². The first-order valence-electron chi connectivity index (χ1n) is 6.79. The van der Waals surface area contributed by atoms with Gasteiger partial charge in [-0.25, -0.2) is 13.8 Å². The highest BCUT2D eigenvalue weighted by Crippen LogP contribution is 2.32. The Kier molecular flexibility index (Phi) is 3.20. The zero-order valence-corrected chi connectivity index (χ0v) is 11.3. The molecule has 1 unspecified atom stereocenters. The summed E-state index contributed by atoms with van der Waals surface area (Å²) in [4.78, 5) is 4.56. The lowest BCUT2D eigenvalue weighted by atomic mass is 10.0. The summed E-state index contributed by atoms with van der Waals surface area (Å²) in [6.07, 6.45) is -0.517. The van der Waals surface area contributed by atoms with Crippen molar-refractivity contribution in [1.82, 2.24) is 9.55 Å². The Balaban J connectivity index is 2.05. The number of nitrogens with two attached hydrogens (primary N) is 1. The van der Waals surface area contributed by atoms with Crippen molar-refractivity contribution in [3.8, 4) is 11.3 Å². The molecule has 0 amide bonds. The number of aromatic nitrogens is 2. The van der Waals surface area contributed by atoms with Crippen molar-refractivity contribution in [2.75, 3.05) is 5.73 Å². The summed E-state index contributed by atoms with van der Waals surface area (Å²) in [5.74, 6) is 2.13. The second kappa shape index (κ2) is 4.89. The molecule has 0 saturated carbocycles. The van der Waals surface area contributed by atoms with Crippen molar-refractivity contribution in [2.45, 2.75) is 32.7 Å². The van der Waals surface area contributed by atoms with Crippen LogP contribution in [0.1, 0.15) is 31.2 Å². The average molecular weight is 277 g/mol. The van der Waals surface area contributed by atoms with Crippen LogP contribution < -0.4 is 5.73 Å². The van der Waals surface area contributed by atoms with Gasteiger partial charge in [0.15, 0.2) is 0 Å². The smallest absolute Gasteiger partial charge is 0.263 e. The quantitative estimate of drug-likeness (QED) is 0.910. The van der Waals surface area contributed by atoms with Crippen molar-refractivity contribution in [3.05, 3.63) is 35.7 Å². The lowest BCUT2D eigenvalue weighted by Gasteiger charge is -2.20. The minimum Gasteiger partial charge on any atom is -0.383 e. The number of nitrogen functional groups attached to an aromatic ring is 1. The lowest BCUT2D eigenvalue weighted by Crippen LogP contribution is -2.18. The second-order valence-electron chi connectivity index (χ2n) is 5.44. The van der Waals surface area contributed by atoms with Crippen LogP contribution >= 0.6 is 0 Å². The lowest BCUT2D eigenvalue weighted by molar-refractivity contribution is 0.151. The molecule has 1 aromatic heterocycles. The zero-order valence-electron chi connectivity index (χ0n) is 11.3. The fraction of sp³-hybridized carbons (Fsp3) is 0.400. The Labute approximate surface area is 116 Å². The van der Waals surface area contributed by atoms with Gasteiger partial charge in [0.1, 0.15) is 17.3 Å². The number of anilines is 1. The van der Waals surface area contributed by atoms with Gasteiger partial charge in [-0.3, -0.25) is 0 Å². The van der Waals surface area contributed by atoms with Crippen molar-refractivity contribution in [2.24, 2.45) is 5.92 Å². The molecule has 0 fully saturated rings. The number of rotatable bonds is 2. The molecule has 2 aromatic rings. The first-order valence-corrected chi connectivity index (χ1v) is 6.79. The number of hydrogen-bond acceptors (Lipinski definition) is 2. The van der Waals surface area contributed by atoms with Crippen LogP contribution in [0.25, 0.3) is 11.3 Å². The molecular weight excluding hydrogens is 260 g/mol. The molecule has 2 N–H and O–H groups in total. The fourth-order valence-electron chi connectivity index (χ4n) is 2.72. The molecule has 106 valence electrons. The van der Waals surface area contributed by atoms with Crippen LogP contribution in [0.15, 0.2) is 24.3 Å². The van der Waals surface area contributed by atoms with E-state index in [0.29, 0.717) is 23.0 Å². The largest absolute Gasteiger partial charge is 0.383 e. The van der Waals surface area contributed by atoms with Gasteiger partial charge in [-0.05, 0) is 18.4 Å². The van der Waals surface area contributed by atoms with E-state index in [1.165, 1.54) is 12.1 Å². The molecule has 3 nitrogen and oxygen atoms in total. The first kappa shape index (κ1) is 13.1. The predicted octanol–water partition coefficient (Wildman–Crippen LogP) is 3.65. The number of nitrogens with zero attached hydrogens (tertiary/aromatic N) is 2. The molecule has 1 aliphatic heterocycles. The Morgan fingerprint density at radius 3 is 2.95 bits per heavy atom. The van der Waals surface area contributed by atoms with Gasteiger partial charge < -0.3 is 10.3 Å². The van der Waals surface area contributed by atoms with Gasteiger partial charge in [-0.15, -0.1) is 0 Å². The Hall–Kier alpha value is -1.91. The van der Waals surface area contributed by atoms with Gasteiger partial charge in [0.25, 0.3) is 6.43 Å².